The zero-order valence-electron chi connectivity index (χ0n) is 11.6. The highest BCUT2D eigenvalue weighted by Crippen LogP contribution is 2.29. The molecular formula is C15H23ClN2O. The lowest BCUT2D eigenvalue weighted by Gasteiger charge is -2.23. The first-order valence-electron chi connectivity index (χ1n) is 6.56. The Hall–Kier alpha value is -1.06. The lowest BCUT2D eigenvalue weighted by molar-refractivity contribution is -0.131. The van der Waals surface area contributed by atoms with Crippen molar-refractivity contribution in [3.05, 3.63) is 35.9 Å². The molecule has 0 saturated carbocycles. The summed E-state index contributed by atoms with van der Waals surface area (Å²) in [7, 11) is 0. The molecule has 1 aromatic rings. The summed E-state index contributed by atoms with van der Waals surface area (Å²) in [5.74, 6) is 0.0874. The minimum absolute atomic E-state index is 0. The van der Waals surface area contributed by atoms with E-state index >= 15 is 0 Å². The van der Waals surface area contributed by atoms with E-state index in [1.807, 2.05) is 35.2 Å². The van der Waals surface area contributed by atoms with E-state index in [2.05, 4.69) is 13.8 Å². The van der Waals surface area contributed by atoms with Crippen molar-refractivity contribution in [3.8, 4) is 0 Å². The third-order valence-electron chi connectivity index (χ3n) is 3.60. The molecule has 0 radical (unpaired) electrons. The minimum Gasteiger partial charge on any atom is -0.341 e. The van der Waals surface area contributed by atoms with Gasteiger partial charge in [-0.15, -0.1) is 12.4 Å². The Balaban J connectivity index is 0.00000180. The summed E-state index contributed by atoms with van der Waals surface area (Å²) in [6.07, 6.45) is 1.69. The number of benzene rings is 1. The molecule has 1 aliphatic rings. The van der Waals surface area contributed by atoms with Gasteiger partial charge in [0, 0.05) is 13.1 Å². The second-order valence-electron chi connectivity index (χ2n) is 5.97. The van der Waals surface area contributed by atoms with E-state index in [1.165, 1.54) is 0 Å². The van der Waals surface area contributed by atoms with E-state index in [0.717, 1.165) is 25.1 Å². The number of amides is 1. The Labute approximate surface area is 121 Å². The number of rotatable bonds is 3. The molecule has 2 N–H and O–H groups in total. The normalized spacial score (nSPS) is 18.8. The van der Waals surface area contributed by atoms with Crippen LogP contribution in [-0.2, 0) is 11.2 Å². The lowest BCUT2D eigenvalue weighted by Crippen LogP contribution is -2.44. The van der Waals surface area contributed by atoms with Gasteiger partial charge in [0.05, 0.1) is 6.04 Å². The summed E-state index contributed by atoms with van der Waals surface area (Å²) in [5, 5.41) is 0. The van der Waals surface area contributed by atoms with Crippen molar-refractivity contribution in [1.29, 1.82) is 0 Å². The molecule has 4 heteroatoms. The van der Waals surface area contributed by atoms with Crippen molar-refractivity contribution < 1.29 is 4.79 Å². The minimum atomic E-state index is -0.415. The zero-order chi connectivity index (χ0) is 13.2. The molecule has 3 nitrogen and oxygen atoms in total. The molecule has 1 unspecified atom stereocenters. The van der Waals surface area contributed by atoms with Crippen LogP contribution in [0.2, 0.25) is 0 Å². The fraction of sp³-hybridized carbons (Fsp3) is 0.533. The quantitative estimate of drug-likeness (QED) is 0.924. The number of nitrogens with zero attached hydrogens (tertiary/aromatic N) is 1. The molecule has 1 aliphatic heterocycles. The van der Waals surface area contributed by atoms with E-state index in [-0.39, 0.29) is 23.7 Å². The van der Waals surface area contributed by atoms with Gasteiger partial charge in [0.25, 0.3) is 0 Å². The number of carbonyl (C=O) groups excluding carboxylic acids is 1. The average Bonchev–Trinajstić information content (AvgIpc) is 2.70. The van der Waals surface area contributed by atoms with Crippen LogP contribution >= 0.6 is 12.4 Å². The molecule has 19 heavy (non-hydrogen) atoms. The molecule has 1 atom stereocenters. The fourth-order valence-electron chi connectivity index (χ4n) is 2.49. The van der Waals surface area contributed by atoms with Crippen LogP contribution in [0.5, 0.6) is 0 Å². The SMILES string of the molecule is CC1(C)CCN(C(=O)C(N)Cc2ccccc2)C1.Cl. The highest BCUT2D eigenvalue weighted by Gasteiger charge is 2.33. The summed E-state index contributed by atoms with van der Waals surface area (Å²) < 4.78 is 0. The smallest absolute Gasteiger partial charge is 0.239 e. The summed E-state index contributed by atoms with van der Waals surface area (Å²) in [6, 6.07) is 9.54. The number of hydrogen-bond acceptors (Lipinski definition) is 2. The topological polar surface area (TPSA) is 46.3 Å². The largest absolute Gasteiger partial charge is 0.341 e. The molecule has 1 aromatic carbocycles. The van der Waals surface area contributed by atoms with Gasteiger partial charge in [-0.2, -0.15) is 0 Å². The third-order valence-corrected chi connectivity index (χ3v) is 3.60. The predicted molar refractivity (Wildman–Crippen MR) is 80.3 cm³/mol. The van der Waals surface area contributed by atoms with E-state index < -0.39 is 6.04 Å². The van der Waals surface area contributed by atoms with E-state index in [0.29, 0.717) is 6.42 Å². The summed E-state index contributed by atoms with van der Waals surface area (Å²) in [5.41, 5.74) is 7.39. The molecule has 0 aromatic heterocycles. The first kappa shape index (κ1) is 16.0. The number of nitrogens with two attached hydrogens (primary N) is 1. The van der Waals surface area contributed by atoms with Crippen LogP contribution < -0.4 is 5.73 Å². The Morgan fingerprint density at radius 1 is 1.37 bits per heavy atom. The van der Waals surface area contributed by atoms with E-state index in [4.69, 9.17) is 5.73 Å². The van der Waals surface area contributed by atoms with Crippen LogP contribution in [0, 0.1) is 5.41 Å². The van der Waals surface area contributed by atoms with Crippen LogP contribution in [0.3, 0.4) is 0 Å². The molecule has 2 rings (SSSR count). The highest BCUT2D eigenvalue weighted by atomic mass is 35.5. The third kappa shape index (κ3) is 4.22. The lowest BCUT2D eigenvalue weighted by atomic mass is 9.93. The van der Waals surface area contributed by atoms with Gasteiger partial charge in [0.15, 0.2) is 0 Å². The van der Waals surface area contributed by atoms with Crippen LogP contribution in [0.4, 0.5) is 0 Å². The second-order valence-corrected chi connectivity index (χ2v) is 5.97. The van der Waals surface area contributed by atoms with Crippen LogP contribution in [0.1, 0.15) is 25.8 Å². The maximum atomic E-state index is 12.2. The number of halogens is 1. The summed E-state index contributed by atoms with van der Waals surface area (Å²) >= 11 is 0. The van der Waals surface area contributed by atoms with Gasteiger partial charge in [0.2, 0.25) is 5.91 Å². The highest BCUT2D eigenvalue weighted by molar-refractivity contribution is 5.85. The Bertz CT molecular complexity index is 419. The second kappa shape index (κ2) is 6.40. The predicted octanol–water partition coefficient (Wildman–Crippen LogP) is 2.24. The van der Waals surface area contributed by atoms with Gasteiger partial charge in [-0.3, -0.25) is 4.79 Å². The van der Waals surface area contributed by atoms with Crippen molar-refractivity contribution in [3.63, 3.8) is 0 Å². The molecule has 0 spiro atoms. The standard InChI is InChI=1S/C15H22N2O.ClH/c1-15(2)8-9-17(11-15)14(18)13(16)10-12-6-4-3-5-7-12;/h3-7,13H,8-11,16H2,1-2H3;1H. The zero-order valence-corrected chi connectivity index (χ0v) is 12.5. The van der Waals surface area contributed by atoms with Gasteiger partial charge in [-0.25, -0.2) is 0 Å². The molecular weight excluding hydrogens is 260 g/mol. The molecule has 1 saturated heterocycles. The van der Waals surface area contributed by atoms with E-state index in [1.54, 1.807) is 0 Å². The van der Waals surface area contributed by atoms with Gasteiger partial charge >= 0.3 is 0 Å². The van der Waals surface area contributed by atoms with Crippen LogP contribution in [0.25, 0.3) is 0 Å². The number of carbonyl (C=O) groups is 1. The Morgan fingerprint density at radius 3 is 2.53 bits per heavy atom. The maximum absolute atomic E-state index is 12.2. The van der Waals surface area contributed by atoms with Crippen LogP contribution in [0.15, 0.2) is 30.3 Å². The van der Waals surface area contributed by atoms with Crippen molar-refractivity contribution >= 4 is 18.3 Å². The molecule has 0 aliphatic carbocycles. The van der Waals surface area contributed by atoms with Gasteiger partial charge in [0.1, 0.15) is 0 Å². The number of likely N-dealkylation sites (tertiary alicyclic amines) is 1. The van der Waals surface area contributed by atoms with Crippen molar-refractivity contribution in [1.82, 2.24) is 4.90 Å². The average molecular weight is 283 g/mol. The van der Waals surface area contributed by atoms with Crippen LogP contribution in [-0.4, -0.2) is 29.9 Å². The van der Waals surface area contributed by atoms with E-state index in [9.17, 15) is 4.79 Å². The Morgan fingerprint density at radius 2 is 2.00 bits per heavy atom. The Kier molecular flexibility index (Phi) is 5.39. The molecule has 1 fully saturated rings. The van der Waals surface area contributed by atoms with Crippen molar-refractivity contribution in [2.24, 2.45) is 11.1 Å². The first-order valence-corrected chi connectivity index (χ1v) is 6.56. The molecule has 1 amide bonds. The van der Waals surface area contributed by atoms with Crippen molar-refractivity contribution in [2.75, 3.05) is 13.1 Å². The number of hydrogen-bond donors (Lipinski definition) is 1. The van der Waals surface area contributed by atoms with Gasteiger partial charge in [-0.05, 0) is 23.8 Å². The van der Waals surface area contributed by atoms with Gasteiger partial charge in [-0.1, -0.05) is 44.2 Å². The molecule has 0 bridgehead atoms. The molecule has 1 heterocycles. The maximum Gasteiger partial charge on any atom is 0.239 e. The fourth-order valence-corrected chi connectivity index (χ4v) is 2.49. The molecule has 106 valence electrons. The summed E-state index contributed by atoms with van der Waals surface area (Å²) in [6.45, 7) is 6.06. The monoisotopic (exact) mass is 282 g/mol. The first-order chi connectivity index (χ1) is 8.48. The van der Waals surface area contributed by atoms with Gasteiger partial charge < -0.3 is 10.6 Å². The summed E-state index contributed by atoms with van der Waals surface area (Å²) in [4.78, 5) is 14.1. The van der Waals surface area contributed by atoms with Crippen molar-refractivity contribution in [2.45, 2.75) is 32.7 Å².